The molecule has 2 rings (SSSR count). The monoisotopic (exact) mass is 302 g/mol. The molecule has 2 aromatic rings. The van der Waals surface area contributed by atoms with Crippen LogP contribution in [0.1, 0.15) is 28.2 Å². The summed E-state index contributed by atoms with van der Waals surface area (Å²) < 4.78 is 9.69. The molecule has 1 heterocycles. The molecule has 1 aromatic carbocycles. The fourth-order valence-electron chi connectivity index (χ4n) is 2.10. The number of carbonyl (C=O) groups excluding carboxylic acids is 2. The van der Waals surface area contributed by atoms with Gasteiger partial charge in [-0.05, 0) is 25.5 Å². The number of carbonyl (C=O) groups is 2. The van der Waals surface area contributed by atoms with Crippen LogP contribution in [-0.2, 0) is 9.53 Å². The van der Waals surface area contributed by atoms with Crippen molar-refractivity contribution >= 4 is 17.6 Å². The Bertz CT molecular complexity index is 678. The minimum absolute atomic E-state index is 0.101. The molecule has 0 aliphatic heterocycles. The molecule has 0 spiro atoms. The largest absolute Gasteiger partial charge is 0.469 e. The minimum atomic E-state index is -0.375. The number of hydrogen-bond donors (Lipinski definition) is 0. The average Bonchev–Trinajstić information content (AvgIpc) is 2.95. The summed E-state index contributed by atoms with van der Waals surface area (Å²) in [6, 6.07) is 9.03. The molecule has 0 unspecified atom stereocenters. The Morgan fingerprint density at radius 1 is 1.27 bits per heavy atom. The molecule has 0 aliphatic carbocycles. The van der Waals surface area contributed by atoms with E-state index in [9.17, 15) is 9.59 Å². The van der Waals surface area contributed by atoms with Gasteiger partial charge in [0.2, 0.25) is 5.76 Å². The molecule has 0 bridgehead atoms. The van der Waals surface area contributed by atoms with E-state index in [1.54, 1.807) is 13.0 Å². The van der Waals surface area contributed by atoms with Crippen LogP contribution in [0.3, 0.4) is 0 Å². The Balaban J connectivity index is 2.31. The molecule has 6 nitrogen and oxygen atoms in total. The first-order valence-corrected chi connectivity index (χ1v) is 6.90. The first kappa shape index (κ1) is 15.8. The summed E-state index contributed by atoms with van der Waals surface area (Å²) >= 11 is 0. The van der Waals surface area contributed by atoms with Gasteiger partial charge < -0.3 is 14.2 Å². The quantitative estimate of drug-likeness (QED) is 0.793. The van der Waals surface area contributed by atoms with Crippen molar-refractivity contribution in [2.75, 3.05) is 18.6 Å². The maximum Gasteiger partial charge on any atom is 0.307 e. The molecule has 1 aromatic heterocycles. The SMILES string of the molecule is COC(=O)CCN(C(=O)c1cc(C)no1)c1ccccc1C. The van der Waals surface area contributed by atoms with Crippen molar-refractivity contribution in [3.8, 4) is 0 Å². The molecule has 0 saturated heterocycles. The lowest BCUT2D eigenvalue weighted by atomic mass is 10.1. The van der Waals surface area contributed by atoms with Crippen molar-refractivity contribution in [3.05, 3.63) is 47.3 Å². The van der Waals surface area contributed by atoms with Crippen LogP contribution < -0.4 is 4.90 Å². The van der Waals surface area contributed by atoms with Gasteiger partial charge in [-0.2, -0.15) is 0 Å². The first-order valence-electron chi connectivity index (χ1n) is 6.90. The molecule has 0 radical (unpaired) electrons. The van der Waals surface area contributed by atoms with Crippen molar-refractivity contribution in [2.24, 2.45) is 0 Å². The Kier molecular flexibility index (Phi) is 4.93. The zero-order valence-electron chi connectivity index (χ0n) is 12.8. The smallest absolute Gasteiger partial charge is 0.307 e. The molecular formula is C16H18N2O4. The predicted octanol–water partition coefficient (Wildman–Crippen LogP) is 2.50. The van der Waals surface area contributed by atoms with E-state index in [-0.39, 0.29) is 30.6 Å². The van der Waals surface area contributed by atoms with Gasteiger partial charge >= 0.3 is 5.97 Å². The molecule has 0 fully saturated rings. The van der Waals surface area contributed by atoms with Crippen LogP contribution in [0.15, 0.2) is 34.9 Å². The Morgan fingerprint density at radius 3 is 2.59 bits per heavy atom. The lowest BCUT2D eigenvalue weighted by Crippen LogP contribution is -2.33. The molecule has 116 valence electrons. The highest BCUT2D eigenvalue weighted by Gasteiger charge is 2.23. The van der Waals surface area contributed by atoms with Crippen molar-refractivity contribution < 1.29 is 18.8 Å². The van der Waals surface area contributed by atoms with Crippen LogP contribution in [0.2, 0.25) is 0 Å². The third-order valence-corrected chi connectivity index (χ3v) is 3.26. The van der Waals surface area contributed by atoms with E-state index in [4.69, 9.17) is 4.52 Å². The second kappa shape index (κ2) is 6.89. The summed E-state index contributed by atoms with van der Waals surface area (Å²) in [5.74, 6) is -0.565. The van der Waals surface area contributed by atoms with Crippen molar-refractivity contribution in [1.82, 2.24) is 5.16 Å². The summed E-state index contributed by atoms with van der Waals surface area (Å²) in [5, 5.41) is 3.73. The van der Waals surface area contributed by atoms with Gasteiger partial charge in [-0.25, -0.2) is 0 Å². The van der Waals surface area contributed by atoms with Gasteiger partial charge in [0.05, 0.1) is 19.2 Å². The summed E-state index contributed by atoms with van der Waals surface area (Å²) in [7, 11) is 1.32. The van der Waals surface area contributed by atoms with E-state index in [0.29, 0.717) is 5.69 Å². The van der Waals surface area contributed by atoms with E-state index in [1.165, 1.54) is 12.0 Å². The average molecular weight is 302 g/mol. The highest BCUT2D eigenvalue weighted by Crippen LogP contribution is 2.22. The molecule has 0 atom stereocenters. The number of aromatic nitrogens is 1. The Labute approximate surface area is 128 Å². The second-order valence-corrected chi connectivity index (χ2v) is 4.90. The molecule has 22 heavy (non-hydrogen) atoms. The maximum absolute atomic E-state index is 12.7. The van der Waals surface area contributed by atoms with Crippen LogP contribution in [0.4, 0.5) is 5.69 Å². The summed E-state index contributed by atoms with van der Waals surface area (Å²) in [6.45, 7) is 3.85. The number of benzene rings is 1. The number of hydrogen-bond acceptors (Lipinski definition) is 5. The lowest BCUT2D eigenvalue weighted by Gasteiger charge is -2.22. The fourth-order valence-corrected chi connectivity index (χ4v) is 2.10. The molecule has 0 aliphatic rings. The van der Waals surface area contributed by atoms with Crippen LogP contribution in [0.5, 0.6) is 0 Å². The van der Waals surface area contributed by atoms with Crippen molar-refractivity contribution in [2.45, 2.75) is 20.3 Å². The topological polar surface area (TPSA) is 72.6 Å². The van der Waals surface area contributed by atoms with Gasteiger partial charge in [0.25, 0.3) is 5.91 Å². The van der Waals surface area contributed by atoms with Crippen LogP contribution >= 0.6 is 0 Å². The Hall–Kier alpha value is -2.63. The van der Waals surface area contributed by atoms with Gasteiger partial charge in [0, 0.05) is 18.3 Å². The lowest BCUT2D eigenvalue weighted by molar-refractivity contribution is -0.140. The number of anilines is 1. The standard InChI is InChI=1S/C16H18N2O4/c1-11-6-4-5-7-13(11)18(9-8-15(19)21-3)16(20)14-10-12(2)17-22-14/h4-7,10H,8-9H2,1-3H3. The van der Waals surface area contributed by atoms with Crippen molar-refractivity contribution in [3.63, 3.8) is 0 Å². The zero-order chi connectivity index (χ0) is 16.1. The van der Waals surface area contributed by atoms with Crippen LogP contribution in [0, 0.1) is 13.8 Å². The third-order valence-electron chi connectivity index (χ3n) is 3.26. The van der Waals surface area contributed by atoms with E-state index in [2.05, 4.69) is 9.89 Å². The molecule has 6 heteroatoms. The second-order valence-electron chi connectivity index (χ2n) is 4.90. The highest BCUT2D eigenvalue weighted by molar-refractivity contribution is 6.04. The maximum atomic E-state index is 12.7. The normalized spacial score (nSPS) is 10.3. The molecule has 0 saturated carbocycles. The first-order chi connectivity index (χ1) is 10.5. The van der Waals surface area contributed by atoms with Gasteiger partial charge in [0.15, 0.2) is 0 Å². The zero-order valence-corrected chi connectivity index (χ0v) is 12.8. The molecular weight excluding hydrogens is 284 g/mol. The number of nitrogens with zero attached hydrogens (tertiary/aromatic N) is 2. The summed E-state index contributed by atoms with van der Waals surface area (Å²) in [5.41, 5.74) is 2.28. The minimum Gasteiger partial charge on any atom is -0.469 e. The predicted molar refractivity (Wildman–Crippen MR) is 80.7 cm³/mol. The summed E-state index contributed by atoms with van der Waals surface area (Å²) in [6.07, 6.45) is 0.101. The van der Waals surface area contributed by atoms with E-state index in [0.717, 1.165) is 11.3 Å². The Morgan fingerprint density at radius 2 is 2.00 bits per heavy atom. The fraction of sp³-hybridized carbons (Fsp3) is 0.312. The number of amides is 1. The van der Waals surface area contributed by atoms with E-state index < -0.39 is 0 Å². The van der Waals surface area contributed by atoms with Gasteiger partial charge in [-0.15, -0.1) is 0 Å². The third kappa shape index (κ3) is 3.52. The van der Waals surface area contributed by atoms with Gasteiger partial charge in [0.1, 0.15) is 0 Å². The number of esters is 1. The number of methoxy groups -OCH3 is 1. The van der Waals surface area contributed by atoms with Crippen LogP contribution in [0.25, 0.3) is 0 Å². The van der Waals surface area contributed by atoms with Gasteiger partial charge in [-0.1, -0.05) is 23.4 Å². The molecule has 0 N–H and O–H groups in total. The van der Waals surface area contributed by atoms with Gasteiger partial charge in [-0.3, -0.25) is 9.59 Å². The number of rotatable bonds is 5. The number of aryl methyl sites for hydroxylation is 2. The highest BCUT2D eigenvalue weighted by atomic mass is 16.5. The molecule has 1 amide bonds. The van der Waals surface area contributed by atoms with Crippen LogP contribution in [-0.4, -0.2) is 30.7 Å². The van der Waals surface area contributed by atoms with Crippen molar-refractivity contribution in [1.29, 1.82) is 0 Å². The number of ether oxygens (including phenoxy) is 1. The number of para-hydroxylation sites is 1. The van der Waals surface area contributed by atoms with E-state index >= 15 is 0 Å². The summed E-state index contributed by atoms with van der Waals surface area (Å²) in [4.78, 5) is 25.6. The van der Waals surface area contributed by atoms with E-state index in [1.807, 2.05) is 31.2 Å².